The highest BCUT2D eigenvalue weighted by Gasteiger charge is 2.31. The molecule has 3 heteroatoms. The molecule has 2 N–H and O–H groups in total. The molecule has 1 saturated carbocycles. The Bertz CT molecular complexity index is 243. The molecule has 0 amide bonds. The summed E-state index contributed by atoms with van der Waals surface area (Å²) in [5.74, 6) is 2.31. The molecule has 3 unspecified atom stereocenters. The summed E-state index contributed by atoms with van der Waals surface area (Å²) in [6.07, 6.45) is 3.81. The van der Waals surface area contributed by atoms with Crippen molar-refractivity contribution in [1.29, 1.82) is 0 Å². The molecule has 19 heavy (non-hydrogen) atoms. The molecule has 0 radical (unpaired) electrons. The van der Waals surface area contributed by atoms with E-state index < -0.39 is 0 Å². The Morgan fingerprint density at radius 3 is 2.42 bits per heavy atom. The first-order valence-electron chi connectivity index (χ1n) is 7.94. The number of nitrogens with zero attached hydrogens (tertiary/aromatic N) is 1. The monoisotopic (exact) mass is 270 g/mol. The number of rotatable bonds is 7. The minimum absolute atomic E-state index is 0.388. The number of hydrogen-bond donors (Lipinski definition) is 1. The van der Waals surface area contributed by atoms with Crippen molar-refractivity contribution in [1.82, 2.24) is 4.90 Å². The fourth-order valence-corrected chi connectivity index (χ4v) is 3.21. The number of hydrogen-bond acceptors (Lipinski definition) is 3. The van der Waals surface area contributed by atoms with Crippen molar-refractivity contribution in [3.8, 4) is 0 Å². The summed E-state index contributed by atoms with van der Waals surface area (Å²) >= 11 is 0. The molecular weight excluding hydrogens is 236 g/mol. The van der Waals surface area contributed by atoms with Gasteiger partial charge < -0.3 is 10.5 Å². The maximum atomic E-state index is 6.36. The van der Waals surface area contributed by atoms with E-state index in [1.807, 2.05) is 0 Å². The van der Waals surface area contributed by atoms with Crippen molar-refractivity contribution in [2.24, 2.45) is 23.5 Å². The van der Waals surface area contributed by atoms with Gasteiger partial charge >= 0.3 is 0 Å². The molecule has 1 rings (SSSR count). The summed E-state index contributed by atoms with van der Waals surface area (Å²) in [5.41, 5.74) is 6.36. The van der Waals surface area contributed by atoms with E-state index in [1.165, 1.54) is 19.3 Å². The molecule has 0 saturated heterocycles. The van der Waals surface area contributed by atoms with Crippen LogP contribution >= 0.6 is 0 Å². The van der Waals surface area contributed by atoms with Crippen LogP contribution in [0.1, 0.15) is 47.0 Å². The van der Waals surface area contributed by atoms with Gasteiger partial charge in [-0.1, -0.05) is 13.8 Å². The van der Waals surface area contributed by atoms with E-state index in [9.17, 15) is 0 Å². The minimum atomic E-state index is 0.388. The van der Waals surface area contributed by atoms with Gasteiger partial charge in [0.15, 0.2) is 0 Å². The second-order valence-corrected chi connectivity index (χ2v) is 6.82. The maximum absolute atomic E-state index is 6.36. The molecule has 0 aliphatic heterocycles. The van der Waals surface area contributed by atoms with Crippen LogP contribution in [0.25, 0.3) is 0 Å². The standard InChI is InChI=1S/C16H34N2O/c1-12(2)14-6-7-16(17)15(10-14)11-18(13(3)4)8-9-19-5/h12-16H,6-11,17H2,1-5H3. The molecule has 1 aliphatic carbocycles. The van der Waals surface area contributed by atoms with Crippen molar-refractivity contribution < 1.29 is 4.74 Å². The summed E-state index contributed by atoms with van der Waals surface area (Å²) in [6, 6.07) is 0.959. The summed E-state index contributed by atoms with van der Waals surface area (Å²) < 4.78 is 5.22. The van der Waals surface area contributed by atoms with E-state index >= 15 is 0 Å². The van der Waals surface area contributed by atoms with Gasteiger partial charge in [0.1, 0.15) is 0 Å². The largest absolute Gasteiger partial charge is 0.383 e. The van der Waals surface area contributed by atoms with Crippen molar-refractivity contribution in [2.75, 3.05) is 26.8 Å². The average Bonchev–Trinajstić information content (AvgIpc) is 2.35. The number of ether oxygens (including phenoxy) is 1. The lowest BCUT2D eigenvalue weighted by molar-refractivity contribution is 0.0887. The van der Waals surface area contributed by atoms with Gasteiger partial charge in [-0.15, -0.1) is 0 Å². The van der Waals surface area contributed by atoms with Crippen LogP contribution in [-0.4, -0.2) is 43.8 Å². The Morgan fingerprint density at radius 2 is 1.89 bits per heavy atom. The van der Waals surface area contributed by atoms with Gasteiger partial charge in [-0.05, 0) is 50.9 Å². The van der Waals surface area contributed by atoms with Gasteiger partial charge in [-0.2, -0.15) is 0 Å². The topological polar surface area (TPSA) is 38.5 Å². The van der Waals surface area contributed by atoms with E-state index in [0.29, 0.717) is 18.0 Å². The fourth-order valence-electron chi connectivity index (χ4n) is 3.21. The summed E-state index contributed by atoms with van der Waals surface area (Å²) in [4.78, 5) is 2.52. The zero-order valence-corrected chi connectivity index (χ0v) is 13.6. The SMILES string of the molecule is COCCN(CC1CC(C(C)C)CCC1N)C(C)C. The third-order valence-electron chi connectivity index (χ3n) is 4.81. The van der Waals surface area contributed by atoms with Gasteiger partial charge in [0.2, 0.25) is 0 Å². The van der Waals surface area contributed by atoms with E-state index in [4.69, 9.17) is 10.5 Å². The lowest BCUT2D eigenvalue weighted by Crippen LogP contribution is -2.46. The van der Waals surface area contributed by atoms with Crippen LogP contribution in [0.5, 0.6) is 0 Å². The first-order valence-corrected chi connectivity index (χ1v) is 7.94. The molecule has 1 aliphatic rings. The molecule has 0 aromatic carbocycles. The number of nitrogens with two attached hydrogens (primary N) is 1. The van der Waals surface area contributed by atoms with Crippen LogP contribution in [0.15, 0.2) is 0 Å². The van der Waals surface area contributed by atoms with Gasteiger partial charge in [-0.3, -0.25) is 4.90 Å². The lowest BCUT2D eigenvalue weighted by atomic mass is 9.73. The quantitative estimate of drug-likeness (QED) is 0.773. The van der Waals surface area contributed by atoms with E-state index in [2.05, 4.69) is 32.6 Å². The Labute approximate surface area is 119 Å². The van der Waals surface area contributed by atoms with E-state index in [1.54, 1.807) is 7.11 Å². The molecule has 0 spiro atoms. The summed E-state index contributed by atoms with van der Waals surface area (Å²) in [5, 5.41) is 0. The highest BCUT2D eigenvalue weighted by atomic mass is 16.5. The average molecular weight is 270 g/mol. The normalized spacial score (nSPS) is 28.6. The van der Waals surface area contributed by atoms with Gasteiger partial charge in [0.25, 0.3) is 0 Å². The molecule has 0 heterocycles. The van der Waals surface area contributed by atoms with Crippen LogP contribution in [-0.2, 0) is 4.74 Å². The second kappa shape index (κ2) is 8.23. The molecule has 114 valence electrons. The predicted octanol–water partition coefficient (Wildman–Crippen LogP) is 2.74. The summed E-state index contributed by atoms with van der Waals surface area (Å²) in [6.45, 7) is 12.2. The lowest BCUT2D eigenvalue weighted by Gasteiger charge is -2.39. The smallest absolute Gasteiger partial charge is 0.0589 e. The predicted molar refractivity (Wildman–Crippen MR) is 82.2 cm³/mol. The Kier molecular flexibility index (Phi) is 7.33. The number of methoxy groups -OCH3 is 1. The first-order chi connectivity index (χ1) is 8.95. The van der Waals surface area contributed by atoms with Crippen molar-refractivity contribution in [3.05, 3.63) is 0 Å². The fraction of sp³-hybridized carbons (Fsp3) is 1.00. The Hall–Kier alpha value is -0.120. The molecule has 0 aromatic rings. The van der Waals surface area contributed by atoms with Crippen LogP contribution in [0.4, 0.5) is 0 Å². The first kappa shape index (κ1) is 16.9. The van der Waals surface area contributed by atoms with Gasteiger partial charge in [0.05, 0.1) is 6.61 Å². The van der Waals surface area contributed by atoms with Crippen LogP contribution in [0.3, 0.4) is 0 Å². The molecule has 3 nitrogen and oxygen atoms in total. The summed E-state index contributed by atoms with van der Waals surface area (Å²) in [7, 11) is 1.78. The van der Waals surface area contributed by atoms with E-state index in [0.717, 1.165) is 31.5 Å². The third-order valence-corrected chi connectivity index (χ3v) is 4.81. The van der Waals surface area contributed by atoms with Crippen LogP contribution in [0.2, 0.25) is 0 Å². The zero-order chi connectivity index (χ0) is 14.4. The molecular formula is C16H34N2O. The Balaban J connectivity index is 2.54. The zero-order valence-electron chi connectivity index (χ0n) is 13.6. The van der Waals surface area contributed by atoms with E-state index in [-0.39, 0.29) is 0 Å². The van der Waals surface area contributed by atoms with Crippen molar-refractivity contribution >= 4 is 0 Å². The highest BCUT2D eigenvalue weighted by Crippen LogP contribution is 2.33. The van der Waals surface area contributed by atoms with Crippen molar-refractivity contribution in [2.45, 2.75) is 59.0 Å². The van der Waals surface area contributed by atoms with Crippen LogP contribution in [0, 0.1) is 17.8 Å². The molecule has 0 bridgehead atoms. The van der Waals surface area contributed by atoms with Crippen molar-refractivity contribution in [3.63, 3.8) is 0 Å². The maximum Gasteiger partial charge on any atom is 0.0589 e. The van der Waals surface area contributed by atoms with Crippen LogP contribution < -0.4 is 5.73 Å². The van der Waals surface area contributed by atoms with Gasteiger partial charge in [0, 0.05) is 32.3 Å². The Morgan fingerprint density at radius 1 is 1.21 bits per heavy atom. The van der Waals surface area contributed by atoms with Gasteiger partial charge in [-0.25, -0.2) is 0 Å². The molecule has 3 atom stereocenters. The minimum Gasteiger partial charge on any atom is -0.383 e. The molecule has 1 fully saturated rings. The highest BCUT2D eigenvalue weighted by molar-refractivity contribution is 4.86. The molecule has 0 aromatic heterocycles. The third kappa shape index (κ3) is 5.41. The second-order valence-electron chi connectivity index (χ2n) is 6.82.